The largest absolute Gasteiger partial charge is 0.342 e. The lowest BCUT2D eigenvalue weighted by molar-refractivity contribution is -0.119. The summed E-state index contributed by atoms with van der Waals surface area (Å²) in [7, 11) is 0. The van der Waals surface area contributed by atoms with E-state index in [-0.39, 0.29) is 5.91 Å². The Kier molecular flexibility index (Phi) is 4.56. The SMILES string of the molecule is O=CN1CCN(C(=O)c2cccc(N3CCCc4ccccc43)n2)CC1. The first-order valence-electron chi connectivity index (χ1n) is 9.07. The number of piperazine rings is 1. The number of aromatic nitrogens is 1. The van der Waals surface area contributed by atoms with Gasteiger partial charge in [0.1, 0.15) is 11.5 Å². The van der Waals surface area contributed by atoms with Crippen molar-refractivity contribution in [1.82, 2.24) is 14.8 Å². The minimum Gasteiger partial charge on any atom is -0.342 e. The maximum absolute atomic E-state index is 12.8. The monoisotopic (exact) mass is 350 g/mol. The number of carbonyl (C=O) groups is 2. The topological polar surface area (TPSA) is 56.8 Å². The molecule has 2 aliphatic rings. The summed E-state index contributed by atoms with van der Waals surface area (Å²) >= 11 is 0. The van der Waals surface area contributed by atoms with Gasteiger partial charge in [0, 0.05) is 38.4 Å². The number of benzene rings is 1. The third-order valence-corrected chi connectivity index (χ3v) is 5.09. The lowest BCUT2D eigenvalue weighted by atomic mass is 10.0. The van der Waals surface area contributed by atoms with Crippen LogP contribution in [0.2, 0.25) is 0 Å². The summed E-state index contributed by atoms with van der Waals surface area (Å²) in [5, 5.41) is 0. The zero-order chi connectivity index (χ0) is 17.9. The van der Waals surface area contributed by atoms with E-state index in [9.17, 15) is 9.59 Å². The molecule has 2 aliphatic heterocycles. The minimum absolute atomic E-state index is 0.0670. The molecule has 0 radical (unpaired) electrons. The molecule has 1 saturated heterocycles. The van der Waals surface area contributed by atoms with Crippen molar-refractivity contribution in [2.24, 2.45) is 0 Å². The molecule has 134 valence electrons. The zero-order valence-electron chi connectivity index (χ0n) is 14.7. The van der Waals surface area contributed by atoms with E-state index < -0.39 is 0 Å². The molecule has 2 amide bonds. The first-order valence-corrected chi connectivity index (χ1v) is 9.07. The van der Waals surface area contributed by atoms with Crippen LogP contribution < -0.4 is 4.90 Å². The Balaban J connectivity index is 1.56. The van der Waals surface area contributed by atoms with Gasteiger partial charge in [-0.05, 0) is 36.6 Å². The van der Waals surface area contributed by atoms with Gasteiger partial charge >= 0.3 is 0 Å². The normalized spacial score (nSPS) is 17.0. The van der Waals surface area contributed by atoms with Crippen molar-refractivity contribution in [3.63, 3.8) is 0 Å². The highest BCUT2D eigenvalue weighted by atomic mass is 16.2. The quantitative estimate of drug-likeness (QED) is 0.796. The third-order valence-electron chi connectivity index (χ3n) is 5.09. The van der Waals surface area contributed by atoms with Crippen LogP contribution in [0.15, 0.2) is 42.5 Å². The second kappa shape index (κ2) is 7.15. The average molecular weight is 350 g/mol. The van der Waals surface area contributed by atoms with Gasteiger partial charge in [-0.2, -0.15) is 0 Å². The van der Waals surface area contributed by atoms with Gasteiger partial charge in [-0.1, -0.05) is 24.3 Å². The fourth-order valence-corrected chi connectivity index (χ4v) is 3.66. The minimum atomic E-state index is -0.0670. The van der Waals surface area contributed by atoms with Crippen molar-refractivity contribution in [2.45, 2.75) is 12.8 Å². The fourth-order valence-electron chi connectivity index (χ4n) is 3.66. The molecule has 0 bridgehead atoms. The fraction of sp³-hybridized carbons (Fsp3) is 0.350. The number of hydrogen-bond acceptors (Lipinski definition) is 4. The number of anilines is 2. The molecule has 0 aliphatic carbocycles. The van der Waals surface area contributed by atoms with E-state index >= 15 is 0 Å². The van der Waals surface area contributed by atoms with Crippen LogP contribution in [0.1, 0.15) is 22.5 Å². The number of carbonyl (C=O) groups excluding carboxylic acids is 2. The van der Waals surface area contributed by atoms with Crippen molar-refractivity contribution in [1.29, 1.82) is 0 Å². The predicted octanol–water partition coefficient (Wildman–Crippen LogP) is 2.08. The van der Waals surface area contributed by atoms with Crippen LogP contribution in [0.25, 0.3) is 0 Å². The highest BCUT2D eigenvalue weighted by Gasteiger charge is 2.24. The molecule has 2 aromatic rings. The molecule has 6 heteroatoms. The summed E-state index contributed by atoms with van der Waals surface area (Å²) < 4.78 is 0. The van der Waals surface area contributed by atoms with E-state index in [1.165, 1.54) is 11.3 Å². The Bertz CT molecular complexity index is 815. The Morgan fingerprint density at radius 3 is 2.58 bits per heavy atom. The van der Waals surface area contributed by atoms with Gasteiger partial charge in [-0.25, -0.2) is 4.98 Å². The summed E-state index contributed by atoms with van der Waals surface area (Å²) in [5.74, 6) is 0.747. The zero-order valence-corrected chi connectivity index (χ0v) is 14.7. The van der Waals surface area contributed by atoms with E-state index in [0.29, 0.717) is 31.9 Å². The summed E-state index contributed by atoms with van der Waals surface area (Å²) in [6.45, 7) is 3.16. The van der Waals surface area contributed by atoms with Crippen LogP contribution >= 0.6 is 0 Å². The Hall–Kier alpha value is -2.89. The highest BCUT2D eigenvalue weighted by Crippen LogP contribution is 2.32. The van der Waals surface area contributed by atoms with E-state index in [1.54, 1.807) is 15.9 Å². The van der Waals surface area contributed by atoms with Gasteiger partial charge in [0.05, 0.1) is 0 Å². The predicted molar refractivity (Wildman–Crippen MR) is 99.5 cm³/mol. The van der Waals surface area contributed by atoms with E-state index in [1.807, 2.05) is 18.2 Å². The molecule has 3 heterocycles. The number of aryl methyl sites for hydroxylation is 1. The lowest BCUT2D eigenvalue weighted by Gasteiger charge is -2.33. The molecule has 0 saturated carbocycles. The number of fused-ring (bicyclic) bond motifs is 1. The van der Waals surface area contributed by atoms with Gasteiger partial charge in [0.2, 0.25) is 6.41 Å². The Morgan fingerprint density at radius 2 is 1.77 bits per heavy atom. The molecule has 0 atom stereocenters. The van der Waals surface area contributed by atoms with Crippen LogP contribution in [0.5, 0.6) is 0 Å². The molecule has 0 unspecified atom stereocenters. The number of hydrogen-bond donors (Lipinski definition) is 0. The summed E-state index contributed by atoms with van der Waals surface area (Å²) in [6.07, 6.45) is 2.99. The molecule has 0 spiro atoms. The van der Waals surface area contributed by atoms with Crippen LogP contribution in [0.4, 0.5) is 11.5 Å². The molecule has 1 aromatic carbocycles. The molecular formula is C20H22N4O2. The number of amides is 2. The van der Waals surface area contributed by atoms with Crippen molar-refractivity contribution >= 4 is 23.8 Å². The maximum Gasteiger partial charge on any atom is 0.272 e. The van der Waals surface area contributed by atoms with Gasteiger partial charge in [-0.15, -0.1) is 0 Å². The van der Waals surface area contributed by atoms with Gasteiger partial charge in [0.25, 0.3) is 5.91 Å². The first-order chi connectivity index (χ1) is 12.8. The van der Waals surface area contributed by atoms with Gasteiger partial charge in [0.15, 0.2) is 0 Å². The van der Waals surface area contributed by atoms with E-state index in [4.69, 9.17) is 0 Å². The summed E-state index contributed by atoms with van der Waals surface area (Å²) in [6, 6.07) is 14.0. The van der Waals surface area contributed by atoms with Crippen molar-refractivity contribution in [3.05, 3.63) is 53.7 Å². The highest BCUT2D eigenvalue weighted by molar-refractivity contribution is 5.93. The molecular weight excluding hydrogens is 328 g/mol. The standard InChI is InChI=1S/C20H22N4O2/c25-15-22-11-13-23(14-12-22)20(26)17-7-3-9-19(21-17)24-10-4-6-16-5-1-2-8-18(16)24/h1-3,5,7-9,15H,4,6,10-14H2. The lowest BCUT2D eigenvalue weighted by Crippen LogP contribution is -2.48. The van der Waals surface area contributed by atoms with Gasteiger partial charge < -0.3 is 14.7 Å². The van der Waals surface area contributed by atoms with E-state index in [2.05, 4.69) is 28.1 Å². The second-order valence-electron chi connectivity index (χ2n) is 6.70. The van der Waals surface area contributed by atoms with Crippen LogP contribution in [0.3, 0.4) is 0 Å². The first kappa shape index (κ1) is 16.6. The van der Waals surface area contributed by atoms with Crippen molar-refractivity contribution < 1.29 is 9.59 Å². The molecule has 26 heavy (non-hydrogen) atoms. The maximum atomic E-state index is 12.8. The van der Waals surface area contributed by atoms with Gasteiger partial charge in [-0.3, -0.25) is 9.59 Å². The Labute approximate surface area is 153 Å². The number of pyridine rings is 1. The Morgan fingerprint density at radius 1 is 0.962 bits per heavy atom. The van der Waals surface area contributed by atoms with Crippen LogP contribution in [-0.4, -0.2) is 59.8 Å². The summed E-state index contributed by atoms with van der Waals surface area (Å²) in [5.41, 5.74) is 2.96. The third kappa shape index (κ3) is 3.14. The summed E-state index contributed by atoms with van der Waals surface area (Å²) in [4.78, 5) is 34.0. The van der Waals surface area contributed by atoms with Crippen LogP contribution in [0, 0.1) is 0 Å². The molecule has 1 aromatic heterocycles. The average Bonchev–Trinajstić information content (AvgIpc) is 2.73. The number of para-hydroxylation sites is 1. The molecule has 4 rings (SSSR count). The smallest absolute Gasteiger partial charge is 0.272 e. The van der Waals surface area contributed by atoms with Crippen molar-refractivity contribution in [3.8, 4) is 0 Å². The molecule has 0 N–H and O–H groups in total. The number of rotatable bonds is 3. The van der Waals surface area contributed by atoms with Crippen molar-refractivity contribution in [2.75, 3.05) is 37.6 Å². The number of nitrogens with zero attached hydrogens (tertiary/aromatic N) is 4. The second-order valence-corrected chi connectivity index (χ2v) is 6.70. The van der Waals surface area contributed by atoms with E-state index in [0.717, 1.165) is 31.6 Å². The molecule has 6 nitrogen and oxygen atoms in total. The molecule has 1 fully saturated rings. The van der Waals surface area contributed by atoms with Crippen LogP contribution in [-0.2, 0) is 11.2 Å².